The topological polar surface area (TPSA) is 87.8 Å². The minimum atomic E-state index is -6.00. The summed E-state index contributed by atoms with van der Waals surface area (Å²) in [4.78, 5) is 5.11. The molecule has 0 amide bonds. The van der Waals surface area contributed by atoms with Crippen LogP contribution in [0, 0.1) is 93.8 Å². The van der Waals surface area contributed by atoms with Crippen LogP contribution in [0.2, 0.25) is 0 Å². The molecule has 0 aromatic heterocycles. The van der Waals surface area contributed by atoms with E-state index < -0.39 is 15.7 Å². The number of hydrogen-bond acceptors (Lipinski definition) is 4. The number of halogens is 4. The smallest absolute Gasteiger partial charge is 0.0585 e. The summed E-state index contributed by atoms with van der Waals surface area (Å²) in [6, 6.07) is 11.9. The van der Waals surface area contributed by atoms with Crippen LogP contribution in [0.1, 0.15) is 46.5 Å². The Hall–Kier alpha value is -1.03. The maximum Gasteiger partial charge on any atom is 2.00 e. The van der Waals surface area contributed by atoms with Gasteiger partial charge in [-0.3, -0.25) is 4.99 Å². The average Bonchev–Trinajstić information content (AvgIpc) is 3.79. The van der Waals surface area contributed by atoms with Crippen LogP contribution in [-0.2, 0) is 56.0 Å². The molecule has 15 heteroatoms. The van der Waals surface area contributed by atoms with Gasteiger partial charge >= 0.3 is 61.6 Å². The molecule has 6 fully saturated rings. The Morgan fingerprint density at radius 1 is 1.10 bits per heavy atom. The minimum absolute atomic E-state index is 0. The third-order valence-electron chi connectivity index (χ3n) is 9.21. The van der Waals surface area contributed by atoms with Crippen LogP contribution in [0.25, 0.3) is 0 Å². The normalized spacial score (nSPS) is 27.8. The molecule has 0 spiro atoms. The summed E-state index contributed by atoms with van der Waals surface area (Å²) >= 11 is 0. The van der Waals surface area contributed by atoms with E-state index in [0.29, 0.717) is 30.0 Å². The number of nitrogens with zero attached hydrogens (tertiary/aromatic N) is 3. The van der Waals surface area contributed by atoms with E-state index >= 15 is 0 Å². The van der Waals surface area contributed by atoms with Crippen LogP contribution in [0.3, 0.4) is 0 Å². The summed E-state index contributed by atoms with van der Waals surface area (Å²) in [6.45, 7) is 31.3. The quantitative estimate of drug-likeness (QED) is 0.0729. The predicted octanol–water partition coefficient (Wildman–Crippen LogP) is 7.93. The molecule has 1 aromatic carbocycles. The third kappa shape index (κ3) is 14.5. The molecule has 7 rings (SSSR count). The second-order valence-corrected chi connectivity index (χ2v) is 13.7. The molecular formula is C34H40BF4MnN3O4PPd+. The van der Waals surface area contributed by atoms with Gasteiger partial charge in [-0.25, -0.2) is 4.67 Å². The van der Waals surface area contributed by atoms with E-state index in [1.54, 1.807) is 0 Å². The number of hydrogen-bond donors (Lipinski definition) is 0. The summed E-state index contributed by atoms with van der Waals surface area (Å²) < 4.78 is 73.3. The van der Waals surface area contributed by atoms with Gasteiger partial charge in [0.25, 0.3) is 0 Å². The third-order valence-corrected chi connectivity index (χ3v) is 11.3. The molecule has 9 radical (unpaired) electrons. The van der Waals surface area contributed by atoms with Crippen LogP contribution < -0.4 is 4.67 Å². The molecular weight excluding hydrogens is 794 g/mol. The summed E-state index contributed by atoms with van der Waals surface area (Å²) in [7, 11) is -6.76. The van der Waals surface area contributed by atoms with Gasteiger partial charge in [-0.05, 0) is 93.2 Å². The fraction of sp³-hybridized carbons (Fsp3) is 0.471. The standard InChI is InChI=1S/C28H37N3OP.C3H3.3CO.BF4.Mn.Pd/c1-20-26-15-23(28(26,2)3)16-27(20)29-17-21-9-7-10-22(21)19-32-33-30-14-8-13-25(30)18-31(33)24-11-5-4-6-12-24;1-3-2;3*1-2;2-1(3,4)5;;/h4-7,9-12,17,20,23,25-27H,8,13-16,18-19H2,1-3H3;1H,2H2;;;;;;/q;;;;;-1;;+2/t20-,23+,25-,26-,27-,33-;;;;;;;/m0......./s1. The molecule has 4 saturated carbocycles. The van der Waals surface area contributed by atoms with Crippen LogP contribution in [-0.4, -0.2) is 49.9 Å². The molecule has 6 atom stereocenters. The first kappa shape index (κ1) is 50.1. The van der Waals surface area contributed by atoms with E-state index in [-0.39, 0.29) is 37.5 Å². The molecule has 0 N–H and O–H groups in total. The zero-order valence-corrected chi connectivity index (χ0v) is 31.2. The number of para-hydroxylation sites is 1. The summed E-state index contributed by atoms with van der Waals surface area (Å²) in [6.07, 6.45) is 16.0. The Bertz CT molecular complexity index is 1150. The molecule has 2 bridgehead atoms. The van der Waals surface area contributed by atoms with Crippen LogP contribution in [0.15, 0.2) is 35.3 Å². The van der Waals surface area contributed by atoms with Crippen molar-refractivity contribution >= 4 is 27.6 Å². The van der Waals surface area contributed by atoms with E-state index in [2.05, 4.69) is 119 Å². The summed E-state index contributed by atoms with van der Waals surface area (Å²) in [5.41, 5.74) is 1.81. The van der Waals surface area contributed by atoms with E-state index in [9.17, 15) is 17.3 Å². The second kappa shape index (κ2) is 25.0. The van der Waals surface area contributed by atoms with Gasteiger partial charge in [0.1, 0.15) is 0 Å². The van der Waals surface area contributed by atoms with Crippen molar-refractivity contribution in [3.05, 3.63) is 101 Å². The van der Waals surface area contributed by atoms with Crippen molar-refractivity contribution in [1.29, 1.82) is 0 Å². The first-order valence-corrected chi connectivity index (χ1v) is 16.1. The van der Waals surface area contributed by atoms with E-state index in [1.807, 2.05) is 6.08 Å². The first-order valence-electron chi connectivity index (χ1n) is 14.9. The van der Waals surface area contributed by atoms with Crippen molar-refractivity contribution in [2.75, 3.05) is 24.4 Å². The van der Waals surface area contributed by atoms with Gasteiger partial charge in [-0.2, -0.15) is 0 Å². The zero-order valence-electron chi connectivity index (χ0n) is 27.5. The van der Waals surface area contributed by atoms with E-state index in [0.717, 1.165) is 24.9 Å². The van der Waals surface area contributed by atoms with Gasteiger partial charge < -0.3 is 26.5 Å². The van der Waals surface area contributed by atoms with E-state index in [4.69, 9.17) is 23.5 Å². The van der Waals surface area contributed by atoms with E-state index in [1.165, 1.54) is 43.2 Å². The molecule has 2 heterocycles. The fourth-order valence-electron chi connectivity index (χ4n) is 6.94. The number of rotatable bonds is 6. The van der Waals surface area contributed by atoms with Gasteiger partial charge in [0.15, 0.2) is 0 Å². The Morgan fingerprint density at radius 2 is 1.67 bits per heavy atom. The monoisotopic (exact) mass is 833 g/mol. The Kier molecular flexibility index (Phi) is 25.6. The molecule has 6 aliphatic rings. The molecule has 2 aliphatic heterocycles. The molecule has 7 nitrogen and oxygen atoms in total. The number of allylic oxidation sites excluding steroid dienone is 1. The molecule has 1 aromatic rings. The molecule has 2 saturated heterocycles. The fourth-order valence-corrected chi connectivity index (χ4v) is 9.20. The van der Waals surface area contributed by atoms with Crippen LogP contribution in [0.4, 0.5) is 23.0 Å². The maximum absolute atomic E-state index is 9.75. The average molecular weight is 834 g/mol. The molecule has 0 unspecified atom stereocenters. The number of benzene rings is 1. The number of anilines is 1. The van der Waals surface area contributed by atoms with Crippen molar-refractivity contribution in [3.63, 3.8) is 0 Å². The number of fused-ring (bicyclic) bond motifs is 3. The van der Waals surface area contributed by atoms with Gasteiger partial charge in [0.2, 0.25) is 8.45 Å². The Morgan fingerprint density at radius 3 is 2.20 bits per heavy atom. The van der Waals surface area contributed by atoms with Crippen LogP contribution in [0.5, 0.6) is 0 Å². The van der Waals surface area contributed by atoms with Crippen molar-refractivity contribution in [1.82, 2.24) is 4.67 Å². The van der Waals surface area contributed by atoms with Crippen molar-refractivity contribution in [3.8, 4) is 0 Å². The minimum Gasteiger partial charge on any atom is -0.0585 e. The second-order valence-electron chi connectivity index (χ2n) is 11.9. The van der Waals surface area contributed by atoms with Crippen molar-refractivity contribution in [2.24, 2.45) is 28.2 Å². The summed E-state index contributed by atoms with van der Waals surface area (Å²) in [5.74, 6) is 4.88. The van der Waals surface area contributed by atoms with Crippen molar-refractivity contribution in [2.45, 2.75) is 58.5 Å². The molecule has 49 heavy (non-hydrogen) atoms. The van der Waals surface area contributed by atoms with Gasteiger partial charge in [0, 0.05) is 59.9 Å². The Balaban J connectivity index is 0. The Labute approximate surface area is 316 Å². The maximum atomic E-state index is 9.75. The molecule has 4 aliphatic carbocycles. The number of aliphatic imine (C=N–C) groups is 1. The first-order chi connectivity index (χ1) is 22.4. The largest absolute Gasteiger partial charge is 2.00 e. The van der Waals surface area contributed by atoms with Gasteiger partial charge in [-0.15, -0.1) is 0 Å². The van der Waals surface area contributed by atoms with Gasteiger partial charge in [-0.1, -0.05) is 45.5 Å². The zero-order chi connectivity index (χ0) is 35.8. The summed E-state index contributed by atoms with van der Waals surface area (Å²) in [5, 5.41) is 0. The van der Waals surface area contributed by atoms with Crippen LogP contribution >= 0.6 is 8.45 Å². The SMILES string of the molecule is C[C@@H]1[C@@H](N=C[C]2[CH][CH][CH][C]2CO[P@]2N(c3ccccc3)C[C@@H]3CCCN32)C[C@H]2C[C@@H]1C2(C)C.F[B-](F)(F)F.[C-]#[O+].[C-]#[O+].[C-]#[O+].[CH]=[C][CH2].[Mn].[Pd+2]. The molecule has 267 valence electrons. The van der Waals surface area contributed by atoms with Gasteiger partial charge in [0.05, 0.1) is 12.6 Å². The predicted molar refractivity (Wildman–Crippen MR) is 172 cm³/mol. The van der Waals surface area contributed by atoms with Crippen molar-refractivity contribution < 1.29 is 73.2 Å².